The minimum absolute atomic E-state index is 0.0355. The number of ether oxygens (including phenoxy) is 3. The number of carbonyl (C=O) groups is 2. The zero-order chi connectivity index (χ0) is 14.6. The standard InChI is InChI=1S/C13H16O6/c1-13(2,3)19-12(16)18-9-6-5-8(11(14)15)7-10(9)17-4/h5-7H,1-4H3,(H,14,15). The molecule has 0 unspecified atom stereocenters. The summed E-state index contributed by atoms with van der Waals surface area (Å²) in [7, 11) is 1.35. The second-order valence-electron chi connectivity index (χ2n) is 4.74. The van der Waals surface area contributed by atoms with Crippen LogP contribution in [-0.2, 0) is 4.74 Å². The molecule has 0 amide bonds. The van der Waals surface area contributed by atoms with Crippen LogP contribution in [0.25, 0.3) is 0 Å². The van der Waals surface area contributed by atoms with Gasteiger partial charge in [0.1, 0.15) is 5.60 Å². The fraction of sp³-hybridized carbons (Fsp3) is 0.385. The zero-order valence-electron chi connectivity index (χ0n) is 11.2. The first-order valence-electron chi connectivity index (χ1n) is 5.55. The van der Waals surface area contributed by atoms with Gasteiger partial charge in [-0.3, -0.25) is 0 Å². The van der Waals surface area contributed by atoms with Crippen LogP contribution in [-0.4, -0.2) is 29.9 Å². The van der Waals surface area contributed by atoms with E-state index in [1.165, 1.54) is 25.3 Å². The predicted molar refractivity (Wildman–Crippen MR) is 66.8 cm³/mol. The molecule has 6 heteroatoms. The number of aromatic carboxylic acids is 1. The molecule has 0 saturated heterocycles. The smallest absolute Gasteiger partial charge is 0.493 e. The molecule has 0 aromatic heterocycles. The van der Waals surface area contributed by atoms with Gasteiger partial charge in [-0.2, -0.15) is 0 Å². The Kier molecular flexibility index (Phi) is 4.37. The maximum absolute atomic E-state index is 11.5. The minimum Gasteiger partial charge on any atom is -0.493 e. The molecule has 0 atom stereocenters. The third kappa shape index (κ3) is 4.50. The summed E-state index contributed by atoms with van der Waals surface area (Å²) in [5.74, 6) is -0.852. The van der Waals surface area contributed by atoms with Gasteiger partial charge in [0.2, 0.25) is 0 Å². The first-order chi connectivity index (χ1) is 8.73. The summed E-state index contributed by atoms with van der Waals surface area (Å²) in [6, 6.07) is 3.92. The number of hydrogen-bond donors (Lipinski definition) is 1. The quantitative estimate of drug-likeness (QED) is 0.670. The molecule has 1 rings (SSSR count). The normalized spacial score (nSPS) is 10.7. The maximum Gasteiger partial charge on any atom is 0.514 e. The zero-order valence-corrected chi connectivity index (χ0v) is 11.2. The molecule has 1 N–H and O–H groups in total. The van der Waals surface area contributed by atoms with E-state index in [0.29, 0.717) is 0 Å². The third-order valence-electron chi connectivity index (χ3n) is 1.99. The largest absolute Gasteiger partial charge is 0.514 e. The molecule has 0 aliphatic heterocycles. The van der Waals surface area contributed by atoms with E-state index in [9.17, 15) is 9.59 Å². The van der Waals surface area contributed by atoms with Gasteiger partial charge >= 0.3 is 12.1 Å². The van der Waals surface area contributed by atoms with Crippen LogP contribution >= 0.6 is 0 Å². The lowest BCUT2D eigenvalue weighted by Gasteiger charge is -2.19. The van der Waals surface area contributed by atoms with Crippen LogP contribution in [0.5, 0.6) is 11.5 Å². The summed E-state index contributed by atoms with van der Waals surface area (Å²) in [4.78, 5) is 22.3. The number of methoxy groups -OCH3 is 1. The Morgan fingerprint density at radius 1 is 1.16 bits per heavy atom. The highest BCUT2D eigenvalue weighted by Gasteiger charge is 2.20. The van der Waals surface area contributed by atoms with E-state index >= 15 is 0 Å². The first-order valence-corrected chi connectivity index (χ1v) is 5.55. The van der Waals surface area contributed by atoms with Crippen molar-refractivity contribution in [2.75, 3.05) is 7.11 Å². The van der Waals surface area contributed by atoms with E-state index in [1.807, 2.05) is 0 Å². The Morgan fingerprint density at radius 3 is 2.26 bits per heavy atom. The average Bonchev–Trinajstić information content (AvgIpc) is 2.26. The summed E-state index contributed by atoms with van der Waals surface area (Å²) in [5, 5.41) is 8.84. The second-order valence-corrected chi connectivity index (χ2v) is 4.74. The number of carboxylic acids is 1. The Balaban J connectivity index is 2.89. The van der Waals surface area contributed by atoms with Crippen LogP contribution in [0, 0.1) is 0 Å². The van der Waals surface area contributed by atoms with Gasteiger partial charge in [0.25, 0.3) is 0 Å². The molecule has 0 aliphatic rings. The number of benzene rings is 1. The van der Waals surface area contributed by atoms with Crippen molar-refractivity contribution in [2.45, 2.75) is 26.4 Å². The van der Waals surface area contributed by atoms with E-state index in [4.69, 9.17) is 19.3 Å². The van der Waals surface area contributed by atoms with Gasteiger partial charge in [-0.05, 0) is 39.0 Å². The molecule has 0 aliphatic carbocycles. The summed E-state index contributed by atoms with van der Waals surface area (Å²) in [5.41, 5.74) is -0.640. The van der Waals surface area contributed by atoms with Crippen LogP contribution in [0.4, 0.5) is 4.79 Å². The topological polar surface area (TPSA) is 82.1 Å². The molecule has 104 valence electrons. The van der Waals surface area contributed by atoms with E-state index in [1.54, 1.807) is 20.8 Å². The maximum atomic E-state index is 11.5. The summed E-state index contributed by atoms with van der Waals surface area (Å²) >= 11 is 0. The third-order valence-corrected chi connectivity index (χ3v) is 1.99. The van der Waals surface area contributed by atoms with Crippen molar-refractivity contribution in [1.82, 2.24) is 0 Å². The molecular formula is C13H16O6. The van der Waals surface area contributed by atoms with E-state index in [0.717, 1.165) is 0 Å². The summed E-state index contributed by atoms with van der Waals surface area (Å²) in [6.07, 6.45) is -0.881. The van der Waals surface area contributed by atoms with Crippen molar-refractivity contribution in [1.29, 1.82) is 0 Å². The molecule has 1 aromatic carbocycles. The Bertz CT molecular complexity index is 486. The molecule has 0 heterocycles. The lowest BCUT2D eigenvalue weighted by molar-refractivity contribution is 0.0201. The SMILES string of the molecule is COc1cc(C(=O)O)ccc1OC(=O)OC(C)(C)C. The molecule has 1 aromatic rings. The van der Waals surface area contributed by atoms with Crippen molar-refractivity contribution in [3.8, 4) is 11.5 Å². The molecule has 0 saturated carbocycles. The summed E-state index contributed by atoms with van der Waals surface area (Å²) < 4.78 is 14.9. The van der Waals surface area contributed by atoms with Gasteiger partial charge in [0.05, 0.1) is 12.7 Å². The second kappa shape index (κ2) is 5.60. The summed E-state index contributed by atoms with van der Waals surface area (Å²) in [6.45, 7) is 5.12. The molecular weight excluding hydrogens is 252 g/mol. The van der Waals surface area contributed by atoms with E-state index < -0.39 is 17.7 Å². The molecule has 0 radical (unpaired) electrons. The highest BCUT2D eigenvalue weighted by Crippen LogP contribution is 2.28. The number of carbonyl (C=O) groups excluding carboxylic acids is 1. The van der Waals surface area contributed by atoms with Crippen molar-refractivity contribution < 1.29 is 28.9 Å². The predicted octanol–water partition coefficient (Wildman–Crippen LogP) is 2.71. The number of carboxylic acid groups (broad SMARTS) is 1. The van der Waals surface area contributed by atoms with Gasteiger partial charge in [-0.25, -0.2) is 9.59 Å². The average molecular weight is 268 g/mol. The minimum atomic E-state index is -1.10. The molecule has 19 heavy (non-hydrogen) atoms. The number of rotatable bonds is 3. The van der Waals surface area contributed by atoms with Crippen LogP contribution < -0.4 is 9.47 Å². The highest BCUT2D eigenvalue weighted by atomic mass is 16.7. The fourth-order valence-corrected chi connectivity index (χ4v) is 1.25. The Hall–Kier alpha value is -2.24. The lowest BCUT2D eigenvalue weighted by atomic mass is 10.2. The number of hydrogen-bond acceptors (Lipinski definition) is 5. The van der Waals surface area contributed by atoms with Crippen LogP contribution in [0.3, 0.4) is 0 Å². The Labute approximate surface area is 110 Å². The van der Waals surface area contributed by atoms with Crippen LogP contribution in [0.15, 0.2) is 18.2 Å². The molecule has 0 bridgehead atoms. The van der Waals surface area contributed by atoms with E-state index in [-0.39, 0.29) is 17.1 Å². The van der Waals surface area contributed by atoms with Crippen molar-refractivity contribution in [3.63, 3.8) is 0 Å². The fourth-order valence-electron chi connectivity index (χ4n) is 1.25. The van der Waals surface area contributed by atoms with Gasteiger partial charge in [-0.15, -0.1) is 0 Å². The van der Waals surface area contributed by atoms with Crippen molar-refractivity contribution in [3.05, 3.63) is 23.8 Å². The molecule has 0 fully saturated rings. The van der Waals surface area contributed by atoms with Gasteiger partial charge < -0.3 is 19.3 Å². The molecule has 0 spiro atoms. The van der Waals surface area contributed by atoms with Crippen molar-refractivity contribution in [2.24, 2.45) is 0 Å². The van der Waals surface area contributed by atoms with Crippen LogP contribution in [0.1, 0.15) is 31.1 Å². The highest BCUT2D eigenvalue weighted by molar-refractivity contribution is 5.88. The van der Waals surface area contributed by atoms with Crippen LogP contribution in [0.2, 0.25) is 0 Å². The monoisotopic (exact) mass is 268 g/mol. The molecule has 6 nitrogen and oxygen atoms in total. The van der Waals surface area contributed by atoms with E-state index in [2.05, 4.69) is 0 Å². The van der Waals surface area contributed by atoms with Gasteiger partial charge in [-0.1, -0.05) is 0 Å². The Morgan fingerprint density at radius 2 is 1.79 bits per heavy atom. The van der Waals surface area contributed by atoms with Gasteiger partial charge in [0, 0.05) is 0 Å². The van der Waals surface area contributed by atoms with Gasteiger partial charge in [0.15, 0.2) is 11.5 Å². The lowest BCUT2D eigenvalue weighted by Crippen LogP contribution is -2.26. The first kappa shape index (κ1) is 14.8. The van der Waals surface area contributed by atoms with Crippen molar-refractivity contribution >= 4 is 12.1 Å².